The largest absolute Gasteiger partial charge is 0.421 e. The zero-order chi connectivity index (χ0) is 22.4. The van der Waals surface area contributed by atoms with Crippen molar-refractivity contribution in [1.82, 2.24) is 29.7 Å². The molecule has 1 atom stereocenters. The molecule has 3 heterocycles. The maximum absolute atomic E-state index is 13.4. The Hall–Kier alpha value is -3.53. The van der Waals surface area contributed by atoms with Gasteiger partial charge in [0, 0.05) is 13.0 Å². The highest BCUT2D eigenvalue weighted by molar-refractivity contribution is 6.35. The monoisotopic (exact) mass is 452 g/mol. The molecule has 1 fully saturated rings. The first-order valence-electron chi connectivity index (χ1n) is 10.4. The molecule has 1 aliphatic rings. The molecule has 0 radical (unpaired) electrons. The van der Waals surface area contributed by atoms with Crippen molar-refractivity contribution in [3.8, 4) is 11.5 Å². The first kappa shape index (κ1) is 20.4. The SMILES string of the molecule is CC[C@H](Nc1ncnc(N)c1-c1nnc(C)o1)c1nc2cccc(Cl)c2c(=O)n1C1CC1. The molecule has 1 saturated carbocycles. The number of nitrogens with zero attached hydrogens (tertiary/aromatic N) is 6. The Morgan fingerprint density at radius 1 is 1.31 bits per heavy atom. The van der Waals surface area contributed by atoms with E-state index in [2.05, 4.69) is 25.5 Å². The van der Waals surface area contributed by atoms with Crippen molar-refractivity contribution in [2.75, 3.05) is 11.1 Å². The van der Waals surface area contributed by atoms with Crippen LogP contribution in [0.1, 0.15) is 50.0 Å². The lowest BCUT2D eigenvalue weighted by Crippen LogP contribution is -2.29. The zero-order valence-corrected chi connectivity index (χ0v) is 18.3. The lowest BCUT2D eigenvalue weighted by atomic mass is 10.1. The van der Waals surface area contributed by atoms with Gasteiger partial charge in [-0.05, 0) is 31.4 Å². The fourth-order valence-electron chi connectivity index (χ4n) is 3.78. The maximum Gasteiger partial charge on any atom is 0.263 e. The molecule has 3 N–H and O–H groups in total. The number of hydrogen-bond acceptors (Lipinski definition) is 9. The quantitative estimate of drug-likeness (QED) is 0.448. The highest BCUT2D eigenvalue weighted by Gasteiger charge is 2.32. The molecule has 1 aromatic carbocycles. The highest BCUT2D eigenvalue weighted by Crippen LogP contribution is 2.38. The summed E-state index contributed by atoms with van der Waals surface area (Å²) in [5.74, 6) is 1.88. The molecule has 164 valence electrons. The predicted octanol–water partition coefficient (Wildman–Crippen LogP) is 3.68. The van der Waals surface area contributed by atoms with Gasteiger partial charge in [-0.25, -0.2) is 15.0 Å². The van der Waals surface area contributed by atoms with Crippen molar-refractivity contribution in [2.45, 2.75) is 45.2 Å². The second kappa shape index (κ2) is 7.86. The van der Waals surface area contributed by atoms with E-state index in [0.717, 1.165) is 12.8 Å². The fraction of sp³-hybridized carbons (Fsp3) is 0.333. The molecule has 1 aliphatic carbocycles. The van der Waals surface area contributed by atoms with E-state index in [0.29, 0.717) is 45.4 Å². The minimum atomic E-state index is -0.330. The lowest BCUT2D eigenvalue weighted by molar-refractivity contribution is 0.532. The van der Waals surface area contributed by atoms with Gasteiger partial charge in [0.2, 0.25) is 5.89 Å². The van der Waals surface area contributed by atoms with E-state index in [9.17, 15) is 4.79 Å². The third-order valence-electron chi connectivity index (χ3n) is 5.47. The van der Waals surface area contributed by atoms with Crippen molar-refractivity contribution in [2.24, 2.45) is 0 Å². The Balaban J connectivity index is 1.64. The summed E-state index contributed by atoms with van der Waals surface area (Å²) >= 11 is 6.34. The molecule has 0 bridgehead atoms. The number of nitrogens with two attached hydrogens (primary N) is 1. The minimum absolute atomic E-state index is 0.107. The van der Waals surface area contributed by atoms with E-state index < -0.39 is 0 Å². The standard InChI is InChI=1S/C21H21ClN8O2/c1-3-13(26-18-16(17(23)24-9-25-18)20-29-28-10(2)32-20)19-27-14-6-4-5-12(22)15(14)21(31)30(19)11-7-8-11/h4-6,9,11,13H,3,7-8H2,1-2H3,(H3,23,24,25,26)/t13-/m0/s1. The summed E-state index contributed by atoms with van der Waals surface area (Å²) in [6.07, 6.45) is 3.85. The van der Waals surface area contributed by atoms with Crippen LogP contribution < -0.4 is 16.6 Å². The number of anilines is 2. The number of nitrogen functional groups attached to an aromatic ring is 1. The number of aryl methyl sites for hydroxylation is 1. The van der Waals surface area contributed by atoms with E-state index in [1.54, 1.807) is 29.7 Å². The molecule has 10 nitrogen and oxygen atoms in total. The lowest BCUT2D eigenvalue weighted by Gasteiger charge is -2.23. The Labute approximate surface area is 187 Å². The minimum Gasteiger partial charge on any atom is -0.421 e. The van der Waals surface area contributed by atoms with Gasteiger partial charge in [-0.1, -0.05) is 24.6 Å². The summed E-state index contributed by atoms with van der Waals surface area (Å²) in [6, 6.07) is 5.07. The van der Waals surface area contributed by atoms with Gasteiger partial charge >= 0.3 is 0 Å². The topological polar surface area (TPSA) is 138 Å². The molecule has 3 aromatic heterocycles. The number of benzene rings is 1. The van der Waals surface area contributed by atoms with E-state index in [1.807, 2.05) is 6.92 Å². The highest BCUT2D eigenvalue weighted by atomic mass is 35.5. The number of rotatable bonds is 6. The van der Waals surface area contributed by atoms with Crippen LogP contribution in [0.5, 0.6) is 0 Å². The number of fused-ring (bicyclic) bond motifs is 1. The number of hydrogen-bond donors (Lipinski definition) is 2. The van der Waals surface area contributed by atoms with Crippen molar-refractivity contribution in [3.63, 3.8) is 0 Å². The van der Waals surface area contributed by atoms with Gasteiger partial charge in [-0.2, -0.15) is 0 Å². The normalized spacial score (nSPS) is 14.6. The second-order valence-electron chi connectivity index (χ2n) is 7.72. The number of aromatic nitrogens is 6. The average molecular weight is 453 g/mol. The van der Waals surface area contributed by atoms with Gasteiger partial charge in [0.15, 0.2) is 0 Å². The van der Waals surface area contributed by atoms with Gasteiger partial charge in [-0.3, -0.25) is 9.36 Å². The molecular weight excluding hydrogens is 432 g/mol. The summed E-state index contributed by atoms with van der Waals surface area (Å²) in [5, 5.41) is 12.2. The molecule has 0 unspecified atom stereocenters. The van der Waals surface area contributed by atoms with Crippen LogP contribution in [0.2, 0.25) is 5.02 Å². The van der Waals surface area contributed by atoms with Gasteiger partial charge < -0.3 is 15.5 Å². The van der Waals surface area contributed by atoms with E-state index in [4.69, 9.17) is 26.7 Å². The van der Waals surface area contributed by atoms with Crippen LogP contribution in [-0.2, 0) is 0 Å². The Morgan fingerprint density at radius 3 is 2.81 bits per heavy atom. The van der Waals surface area contributed by atoms with Gasteiger partial charge in [0.05, 0.1) is 22.0 Å². The first-order chi connectivity index (χ1) is 15.5. The van der Waals surface area contributed by atoms with E-state index in [1.165, 1.54) is 6.33 Å². The summed E-state index contributed by atoms with van der Waals surface area (Å²) in [4.78, 5) is 26.7. The Kier molecular flexibility index (Phi) is 5.01. The molecule has 32 heavy (non-hydrogen) atoms. The zero-order valence-electron chi connectivity index (χ0n) is 17.5. The van der Waals surface area contributed by atoms with Gasteiger partial charge in [0.1, 0.15) is 29.4 Å². The molecule has 0 amide bonds. The summed E-state index contributed by atoms with van der Waals surface area (Å²) < 4.78 is 7.33. The molecule has 0 spiro atoms. The van der Waals surface area contributed by atoms with Crippen LogP contribution >= 0.6 is 11.6 Å². The molecule has 11 heteroatoms. The van der Waals surface area contributed by atoms with Crippen LogP contribution in [0.25, 0.3) is 22.4 Å². The van der Waals surface area contributed by atoms with Crippen LogP contribution in [0.4, 0.5) is 11.6 Å². The van der Waals surface area contributed by atoms with Crippen molar-refractivity contribution in [1.29, 1.82) is 0 Å². The van der Waals surface area contributed by atoms with E-state index in [-0.39, 0.29) is 29.4 Å². The Bertz CT molecular complexity index is 1380. The van der Waals surface area contributed by atoms with Crippen molar-refractivity contribution >= 4 is 34.1 Å². The third-order valence-corrected chi connectivity index (χ3v) is 5.78. The fourth-order valence-corrected chi connectivity index (χ4v) is 4.03. The maximum atomic E-state index is 13.4. The van der Waals surface area contributed by atoms with E-state index >= 15 is 0 Å². The number of halogens is 1. The summed E-state index contributed by atoms with van der Waals surface area (Å²) in [5.41, 5.74) is 6.96. The van der Waals surface area contributed by atoms with Crippen molar-refractivity contribution < 1.29 is 4.42 Å². The molecule has 0 aliphatic heterocycles. The van der Waals surface area contributed by atoms with Crippen molar-refractivity contribution in [3.05, 3.63) is 51.6 Å². The molecular formula is C21H21ClN8O2. The summed E-state index contributed by atoms with van der Waals surface area (Å²) in [7, 11) is 0. The van der Waals surface area contributed by atoms with Crippen LogP contribution in [0.15, 0.2) is 33.7 Å². The van der Waals surface area contributed by atoms with Gasteiger partial charge in [-0.15, -0.1) is 10.2 Å². The van der Waals surface area contributed by atoms with Gasteiger partial charge in [0.25, 0.3) is 11.4 Å². The molecule has 0 saturated heterocycles. The van der Waals surface area contributed by atoms with Crippen LogP contribution in [-0.4, -0.2) is 29.7 Å². The molecule has 5 rings (SSSR count). The van der Waals surface area contributed by atoms with Crippen LogP contribution in [0.3, 0.4) is 0 Å². The summed E-state index contributed by atoms with van der Waals surface area (Å²) in [6.45, 7) is 3.70. The second-order valence-corrected chi connectivity index (χ2v) is 8.13. The Morgan fingerprint density at radius 2 is 2.12 bits per heavy atom. The predicted molar refractivity (Wildman–Crippen MR) is 120 cm³/mol. The third kappa shape index (κ3) is 3.46. The average Bonchev–Trinajstić information content (AvgIpc) is 3.51. The number of nitrogens with one attached hydrogen (secondary N) is 1. The molecule has 4 aromatic rings. The first-order valence-corrected chi connectivity index (χ1v) is 10.7. The smallest absolute Gasteiger partial charge is 0.263 e. The van der Waals surface area contributed by atoms with Crippen LogP contribution in [0, 0.1) is 6.92 Å².